The second kappa shape index (κ2) is 9.16. The predicted molar refractivity (Wildman–Crippen MR) is 141 cm³/mol. The van der Waals surface area contributed by atoms with E-state index in [2.05, 4.69) is 42.2 Å². The molecule has 0 radical (unpaired) electrons. The average Bonchev–Trinajstić information content (AvgIpc) is 3.14. The standard InChI is InChI=1S/C30H36ClNO4/c1-18(33)36-30(27(35)17-31)14-13-26-24-11-7-20-15-22(34)10-12-23(20)28(24)25(16-29(26,30)2)19-5-8-21(9-6-19)32(3)4/h5-9,24-26H,10-17H2,1-4H3/t24?,25?,26?,29-,30-/m0/s1. The molecule has 3 fully saturated rings. The summed E-state index contributed by atoms with van der Waals surface area (Å²) in [5, 5.41) is 0. The lowest BCUT2D eigenvalue weighted by Crippen LogP contribution is -2.58. The highest BCUT2D eigenvalue weighted by Crippen LogP contribution is 2.67. The van der Waals surface area contributed by atoms with Gasteiger partial charge < -0.3 is 9.64 Å². The molecule has 0 bridgehead atoms. The molecule has 3 saturated carbocycles. The first kappa shape index (κ1) is 25.3. The Hall–Kier alpha value is -2.40. The van der Waals surface area contributed by atoms with E-state index in [9.17, 15) is 14.4 Å². The monoisotopic (exact) mass is 509 g/mol. The van der Waals surface area contributed by atoms with Crippen LogP contribution in [0.25, 0.3) is 0 Å². The number of allylic oxidation sites excluding steroid dienone is 4. The summed E-state index contributed by atoms with van der Waals surface area (Å²) in [7, 11) is 4.06. The molecular formula is C30H36ClNO4. The van der Waals surface area contributed by atoms with Gasteiger partial charge in [-0.05, 0) is 72.8 Å². The Morgan fingerprint density at radius 3 is 2.53 bits per heavy atom. The molecule has 0 spiro atoms. The highest BCUT2D eigenvalue weighted by atomic mass is 35.5. The minimum absolute atomic E-state index is 0.0931. The van der Waals surface area contributed by atoms with Crippen LogP contribution < -0.4 is 4.90 Å². The molecule has 4 aliphatic carbocycles. The SMILES string of the molecule is CC(=O)O[C@]1(C(=O)CCl)CCC2C3CC=C4CC(=O)CCC4=C3C(c3ccc(N(C)C)cc3)C[C@@]21C. The van der Waals surface area contributed by atoms with Gasteiger partial charge in [0.25, 0.3) is 0 Å². The lowest BCUT2D eigenvalue weighted by molar-refractivity contribution is -0.182. The fraction of sp³-hybridized carbons (Fsp3) is 0.567. The minimum Gasteiger partial charge on any atom is -0.451 e. The molecule has 4 aliphatic rings. The lowest BCUT2D eigenvalue weighted by atomic mass is 9.51. The molecule has 1 aromatic rings. The normalized spacial score (nSPS) is 33.3. The Morgan fingerprint density at radius 1 is 1.17 bits per heavy atom. The van der Waals surface area contributed by atoms with E-state index in [1.807, 2.05) is 14.1 Å². The number of halogens is 1. The molecule has 0 amide bonds. The summed E-state index contributed by atoms with van der Waals surface area (Å²) in [5.41, 5.74) is 4.65. The van der Waals surface area contributed by atoms with Crippen LogP contribution in [0.5, 0.6) is 0 Å². The van der Waals surface area contributed by atoms with Gasteiger partial charge in [0.1, 0.15) is 5.78 Å². The molecule has 5 nitrogen and oxygen atoms in total. The van der Waals surface area contributed by atoms with Gasteiger partial charge in [-0.2, -0.15) is 0 Å². The van der Waals surface area contributed by atoms with E-state index in [1.54, 1.807) is 0 Å². The summed E-state index contributed by atoms with van der Waals surface area (Å²) >= 11 is 6.14. The zero-order valence-corrected chi connectivity index (χ0v) is 22.5. The summed E-state index contributed by atoms with van der Waals surface area (Å²) < 4.78 is 6.00. The van der Waals surface area contributed by atoms with E-state index in [0.717, 1.165) is 24.9 Å². The number of esters is 1. The van der Waals surface area contributed by atoms with Crippen molar-refractivity contribution < 1.29 is 19.1 Å². The summed E-state index contributed by atoms with van der Waals surface area (Å²) in [5.74, 6) is 0.104. The third kappa shape index (κ3) is 3.77. The molecule has 0 saturated heterocycles. The second-order valence-electron chi connectivity index (χ2n) is 11.5. The molecule has 0 aromatic heterocycles. The van der Waals surface area contributed by atoms with Crippen LogP contribution in [0.4, 0.5) is 5.69 Å². The number of hydrogen-bond acceptors (Lipinski definition) is 5. The van der Waals surface area contributed by atoms with Crippen LogP contribution in [-0.4, -0.2) is 43.1 Å². The van der Waals surface area contributed by atoms with Crippen molar-refractivity contribution in [1.82, 2.24) is 0 Å². The van der Waals surface area contributed by atoms with Crippen LogP contribution in [0.3, 0.4) is 0 Å². The van der Waals surface area contributed by atoms with E-state index in [4.69, 9.17) is 16.3 Å². The van der Waals surface area contributed by atoms with Crippen LogP contribution in [0.15, 0.2) is 47.1 Å². The van der Waals surface area contributed by atoms with Crippen molar-refractivity contribution in [3.63, 3.8) is 0 Å². The molecule has 5 atom stereocenters. The van der Waals surface area contributed by atoms with Crippen molar-refractivity contribution in [2.24, 2.45) is 17.3 Å². The van der Waals surface area contributed by atoms with Gasteiger partial charge in [-0.3, -0.25) is 14.4 Å². The van der Waals surface area contributed by atoms with Gasteiger partial charge in [-0.15, -0.1) is 11.6 Å². The number of carbonyl (C=O) groups is 3. The van der Waals surface area contributed by atoms with E-state index in [1.165, 1.54) is 29.2 Å². The summed E-state index contributed by atoms with van der Waals surface area (Å²) in [6.45, 7) is 3.55. The Morgan fingerprint density at radius 2 is 1.89 bits per heavy atom. The number of hydrogen-bond donors (Lipinski definition) is 0. The Kier molecular flexibility index (Phi) is 6.43. The number of Topliss-reactive ketones (excluding diaryl/α,β-unsaturated/α-hetero) is 2. The Bertz CT molecular complexity index is 1170. The average molecular weight is 510 g/mol. The molecule has 0 N–H and O–H groups in total. The molecule has 3 unspecified atom stereocenters. The van der Waals surface area contributed by atoms with Gasteiger partial charge in [0.05, 0.1) is 5.88 Å². The predicted octanol–water partition coefficient (Wildman–Crippen LogP) is 5.76. The third-order valence-corrected chi connectivity index (χ3v) is 9.78. The van der Waals surface area contributed by atoms with Crippen LogP contribution >= 0.6 is 11.6 Å². The number of ketones is 2. The van der Waals surface area contributed by atoms with Crippen molar-refractivity contribution >= 4 is 34.8 Å². The maximum atomic E-state index is 13.4. The van der Waals surface area contributed by atoms with Crippen molar-refractivity contribution in [1.29, 1.82) is 0 Å². The van der Waals surface area contributed by atoms with Crippen LogP contribution in [0, 0.1) is 17.3 Å². The molecule has 5 rings (SSSR count). The first-order valence-corrected chi connectivity index (χ1v) is 13.6. The van der Waals surface area contributed by atoms with Crippen molar-refractivity contribution in [2.45, 2.75) is 70.3 Å². The van der Waals surface area contributed by atoms with Crippen molar-refractivity contribution in [2.75, 3.05) is 24.9 Å². The van der Waals surface area contributed by atoms with E-state index in [0.29, 0.717) is 31.5 Å². The number of fused-ring (bicyclic) bond motifs is 4. The molecule has 0 heterocycles. The van der Waals surface area contributed by atoms with Gasteiger partial charge in [-0.25, -0.2) is 0 Å². The zero-order valence-electron chi connectivity index (χ0n) is 21.7. The third-order valence-electron chi connectivity index (χ3n) is 9.53. The molecule has 192 valence electrons. The maximum Gasteiger partial charge on any atom is 0.303 e. The zero-order chi connectivity index (χ0) is 25.8. The molecule has 36 heavy (non-hydrogen) atoms. The molecule has 1 aromatic carbocycles. The Balaban J connectivity index is 1.67. The van der Waals surface area contributed by atoms with Gasteiger partial charge in [0.2, 0.25) is 0 Å². The van der Waals surface area contributed by atoms with Crippen molar-refractivity contribution in [3.05, 3.63) is 52.6 Å². The molecular weight excluding hydrogens is 474 g/mol. The summed E-state index contributed by atoms with van der Waals surface area (Å²) in [6.07, 6.45) is 7.10. The van der Waals surface area contributed by atoms with Crippen LogP contribution in [-0.2, 0) is 19.1 Å². The number of ether oxygens (including phenoxy) is 1. The fourth-order valence-corrected chi connectivity index (χ4v) is 8.14. The maximum absolute atomic E-state index is 13.4. The van der Waals surface area contributed by atoms with E-state index >= 15 is 0 Å². The van der Waals surface area contributed by atoms with Gasteiger partial charge in [0.15, 0.2) is 11.4 Å². The minimum atomic E-state index is -1.20. The topological polar surface area (TPSA) is 63.7 Å². The quantitative estimate of drug-likeness (QED) is 0.373. The number of carbonyl (C=O) groups excluding carboxylic acids is 3. The smallest absolute Gasteiger partial charge is 0.303 e. The van der Waals surface area contributed by atoms with Gasteiger partial charge >= 0.3 is 5.97 Å². The second-order valence-corrected chi connectivity index (χ2v) is 11.8. The summed E-state index contributed by atoms with van der Waals surface area (Å²) in [6, 6.07) is 8.69. The number of benzene rings is 1. The largest absolute Gasteiger partial charge is 0.451 e. The van der Waals surface area contributed by atoms with E-state index < -0.39 is 17.0 Å². The van der Waals surface area contributed by atoms with Gasteiger partial charge in [0, 0.05) is 50.9 Å². The van der Waals surface area contributed by atoms with E-state index in [-0.39, 0.29) is 29.4 Å². The van der Waals surface area contributed by atoms with Crippen LogP contribution in [0.1, 0.15) is 70.3 Å². The van der Waals surface area contributed by atoms with Crippen LogP contribution in [0.2, 0.25) is 0 Å². The fourth-order valence-electron chi connectivity index (χ4n) is 7.92. The number of rotatable bonds is 5. The number of alkyl halides is 1. The number of nitrogens with zero attached hydrogens (tertiary/aromatic N) is 1. The Labute approximate surface area is 218 Å². The highest BCUT2D eigenvalue weighted by molar-refractivity contribution is 6.29. The van der Waals surface area contributed by atoms with Gasteiger partial charge in [-0.1, -0.05) is 30.7 Å². The number of anilines is 1. The lowest BCUT2D eigenvalue weighted by Gasteiger charge is -2.54. The highest BCUT2D eigenvalue weighted by Gasteiger charge is 2.67. The van der Waals surface area contributed by atoms with Crippen molar-refractivity contribution in [3.8, 4) is 0 Å². The summed E-state index contributed by atoms with van der Waals surface area (Å²) in [4.78, 5) is 40.1. The molecule has 0 aliphatic heterocycles. The first-order chi connectivity index (χ1) is 17.1. The first-order valence-electron chi connectivity index (χ1n) is 13.1. The molecule has 6 heteroatoms.